The van der Waals surface area contributed by atoms with Gasteiger partial charge in [0.2, 0.25) is 0 Å². The highest BCUT2D eigenvalue weighted by Crippen LogP contribution is 2.21. The minimum absolute atomic E-state index is 0.392. The molecule has 92 valence electrons. The van der Waals surface area contributed by atoms with Crippen LogP contribution in [0.3, 0.4) is 0 Å². The summed E-state index contributed by atoms with van der Waals surface area (Å²) in [6.45, 7) is 1.84. The SMILES string of the molecule is COC(=O)c1ccc(C)c(N(C)C(=O)OC)c1. The molecule has 0 bridgehead atoms. The standard InChI is InChI=1S/C12H15NO4/c1-8-5-6-9(11(14)16-3)7-10(8)13(2)12(15)17-4/h5-7H,1-4H3. The van der Waals surface area contributed by atoms with E-state index in [1.807, 2.05) is 6.92 Å². The topological polar surface area (TPSA) is 55.8 Å². The zero-order chi connectivity index (χ0) is 13.0. The predicted octanol–water partition coefficient (Wildman–Crippen LogP) is 1.98. The van der Waals surface area contributed by atoms with Gasteiger partial charge in [0.25, 0.3) is 0 Å². The molecule has 0 aliphatic heterocycles. The van der Waals surface area contributed by atoms with Gasteiger partial charge in [0.1, 0.15) is 0 Å². The number of rotatable bonds is 2. The molecule has 0 aromatic heterocycles. The van der Waals surface area contributed by atoms with Crippen molar-refractivity contribution in [2.24, 2.45) is 0 Å². The molecule has 0 N–H and O–H groups in total. The number of hydrogen-bond donors (Lipinski definition) is 0. The largest absolute Gasteiger partial charge is 0.465 e. The second-order valence-electron chi connectivity index (χ2n) is 3.52. The Morgan fingerprint density at radius 3 is 2.35 bits per heavy atom. The van der Waals surface area contributed by atoms with Crippen LogP contribution in [-0.4, -0.2) is 33.3 Å². The van der Waals surface area contributed by atoms with E-state index in [2.05, 4.69) is 9.47 Å². The molecule has 0 radical (unpaired) electrons. The minimum atomic E-state index is -0.491. The summed E-state index contributed by atoms with van der Waals surface area (Å²) in [5, 5.41) is 0. The first-order valence-electron chi connectivity index (χ1n) is 5.02. The molecular formula is C12H15NO4. The van der Waals surface area contributed by atoms with E-state index >= 15 is 0 Å². The summed E-state index contributed by atoms with van der Waals surface area (Å²) < 4.78 is 9.24. The molecule has 1 amide bonds. The minimum Gasteiger partial charge on any atom is -0.465 e. The van der Waals surface area contributed by atoms with Crippen molar-refractivity contribution in [1.82, 2.24) is 0 Å². The summed E-state index contributed by atoms with van der Waals surface area (Å²) in [6, 6.07) is 4.99. The Kier molecular flexibility index (Phi) is 4.09. The maximum Gasteiger partial charge on any atom is 0.413 e. The molecule has 1 aromatic rings. The number of anilines is 1. The van der Waals surface area contributed by atoms with E-state index in [-0.39, 0.29) is 0 Å². The van der Waals surface area contributed by atoms with Gasteiger partial charge >= 0.3 is 12.1 Å². The number of carbonyl (C=O) groups is 2. The maximum absolute atomic E-state index is 11.4. The molecule has 5 nitrogen and oxygen atoms in total. The van der Waals surface area contributed by atoms with Crippen LogP contribution in [0.5, 0.6) is 0 Å². The van der Waals surface area contributed by atoms with Gasteiger partial charge in [-0.15, -0.1) is 0 Å². The molecule has 0 spiro atoms. The Morgan fingerprint density at radius 2 is 1.82 bits per heavy atom. The molecule has 0 saturated carbocycles. The Bertz CT molecular complexity index is 442. The average molecular weight is 237 g/mol. The van der Waals surface area contributed by atoms with Gasteiger partial charge in [-0.25, -0.2) is 9.59 Å². The monoisotopic (exact) mass is 237 g/mol. The van der Waals surface area contributed by atoms with Crippen molar-refractivity contribution < 1.29 is 19.1 Å². The fourth-order valence-corrected chi connectivity index (χ4v) is 1.45. The van der Waals surface area contributed by atoms with Crippen molar-refractivity contribution in [3.8, 4) is 0 Å². The summed E-state index contributed by atoms with van der Waals surface area (Å²) >= 11 is 0. The van der Waals surface area contributed by atoms with Crippen molar-refractivity contribution in [3.05, 3.63) is 29.3 Å². The third kappa shape index (κ3) is 2.75. The van der Waals surface area contributed by atoms with Gasteiger partial charge in [-0.2, -0.15) is 0 Å². The number of nitrogens with zero attached hydrogens (tertiary/aromatic N) is 1. The zero-order valence-corrected chi connectivity index (χ0v) is 10.3. The van der Waals surface area contributed by atoms with E-state index in [1.165, 1.54) is 19.1 Å². The highest BCUT2D eigenvalue weighted by atomic mass is 16.5. The lowest BCUT2D eigenvalue weighted by atomic mass is 10.1. The lowest BCUT2D eigenvalue weighted by Crippen LogP contribution is -2.26. The first-order valence-corrected chi connectivity index (χ1v) is 5.02. The average Bonchev–Trinajstić information content (AvgIpc) is 2.36. The molecule has 0 heterocycles. The number of ether oxygens (including phenoxy) is 2. The molecule has 5 heteroatoms. The van der Waals surface area contributed by atoms with Crippen LogP contribution in [-0.2, 0) is 9.47 Å². The smallest absolute Gasteiger partial charge is 0.413 e. The van der Waals surface area contributed by atoms with E-state index in [9.17, 15) is 9.59 Å². The third-order valence-electron chi connectivity index (χ3n) is 2.44. The zero-order valence-electron chi connectivity index (χ0n) is 10.3. The fourth-order valence-electron chi connectivity index (χ4n) is 1.45. The molecule has 0 fully saturated rings. The molecule has 1 aromatic carbocycles. The van der Waals surface area contributed by atoms with E-state index in [0.717, 1.165) is 5.56 Å². The highest BCUT2D eigenvalue weighted by molar-refractivity contribution is 5.94. The van der Waals surface area contributed by atoms with E-state index in [4.69, 9.17) is 0 Å². The van der Waals surface area contributed by atoms with Crippen LogP contribution in [0.4, 0.5) is 10.5 Å². The van der Waals surface area contributed by atoms with Gasteiger partial charge in [-0.3, -0.25) is 4.90 Å². The van der Waals surface area contributed by atoms with Crippen molar-refractivity contribution in [2.75, 3.05) is 26.2 Å². The first kappa shape index (κ1) is 13.0. The van der Waals surface area contributed by atoms with E-state index < -0.39 is 12.1 Å². The van der Waals surface area contributed by atoms with E-state index in [1.54, 1.807) is 25.2 Å². The van der Waals surface area contributed by atoms with Gasteiger partial charge in [0.05, 0.1) is 25.5 Å². The number of aryl methyl sites for hydroxylation is 1. The Hall–Kier alpha value is -2.04. The van der Waals surface area contributed by atoms with Crippen LogP contribution in [0, 0.1) is 6.92 Å². The number of carbonyl (C=O) groups excluding carboxylic acids is 2. The fraction of sp³-hybridized carbons (Fsp3) is 0.333. The summed E-state index contributed by atoms with van der Waals surface area (Å²) in [7, 11) is 4.19. The molecule has 0 aliphatic rings. The lowest BCUT2D eigenvalue weighted by molar-refractivity contribution is 0.0600. The van der Waals surface area contributed by atoms with Gasteiger partial charge in [-0.05, 0) is 24.6 Å². The summed E-state index contributed by atoms with van der Waals surface area (Å²) in [4.78, 5) is 24.1. The number of esters is 1. The maximum atomic E-state index is 11.4. The number of benzene rings is 1. The number of amides is 1. The van der Waals surface area contributed by atoms with Crippen LogP contribution < -0.4 is 4.90 Å². The molecule has 1 rings (SSSR count). The second-order valence-corrected chi connectivity index (χ2v) is 3.52. The number of hydrogen-bond acceptors (Lipinski definition) is 4. The van der Waals surface area contributed by atoms with Crippen molar-refractivity contribution in [1.29, 1.82) is 0 Å². The Balaban J connectivity index is 3.14. The van der Waals surface area contributed by atoms with Gasteiger partial charge in [-0.1, -0.05) is 6.07 Å². The molecule has 0 aliphatic carbocycles. The molecule has 0 saturated heterocycles. The van der Waals surface area contributed by atoms with Gasteiger partial charge in [0.15, 0.2) is 0 Å². The lowest BCUT2D eigenvalue weighted by Gasteiger charge is -2.18. The molecule has 0 unspecified atom stereocenters. The number of methoxy groups -OCH3 is 2. The second kappa shape index (κ2) is 5.34. The van der Waals surface area contributed by atoms with Crippen LogP contribution in [0.2, 0.25) is 0 Å². The first-order chi connectivity index (χ1) is 8.01. The Labute approximate surface area is 99.9 Å². The quantitative estimate of drug-likeness (QED) is 0.738. The van der Waals surface area contributed by atoms with Crippen LogP contribution in [0.25, 0.3) is 0 Å². The molecular weight excluding hydrogens is 222 g/mol. The molecule has 17 heavy (non-hydrogen) atoms. The van der Waals surface area contributed by atoms with Crippen LogP contribution >= 0.6 is 0 Å². The summed E-state index contributed by atoms with van der Waals surface area (Å²) in [5.41, 5.74) is 1.87. The van der Waals surface area contributed by atoms with Crippen molar-refractivity contribution in [2.45, 2.75) is 6.92 Å². The van der Waals surface area contributed by atoms with Gasteiger partial charge < -0.3 is 9.47 Å². The Morgan fingerprint density at radius 1 is 1.18 bits per heavy atom. The van der Waals surface area contributed by atoms with Crippen molar-refractivity contribution in [3.63, 3.8) is 0 Å². The predicted molar refractivity (Wildman–Crippen MR) is 63.3 cm³/mol. The summed E-state index contributed by atoms with van der Waals surface area (Å²) in [6.07, 6.45) is -0.491. The van der Waals surface area contributed by atoms with Crippen LogP contribution in [0.1, 0.15) is 15.9 Å². The van der Waals surface area contributed by atoms with Crippen molar-refractivity contribution >= 4 is 17.7 Å². The van der Waals surface area contributed by atoms with E-state index in [0.29, 0.717) is 11.3 Å². The molecule has 0 atom stereocenters. The highest BCUT2D eigenvalue weighted by Gasteiger charge is 2.15. The summed E-state index contributed by atoms with van der Waals surface area (Å²) in [5.74, 6) is -0.440. The van der Waals surface area contributed by atoms with Crippen LogP contribution in [0.15, 0.2) is 18.2 Å². The third-order valence-corrected chi connectivity index (χ3v) is 2.44. The normalized spacial score (nSPS) is 9.65. The van der Waals surface area contributed by atoms with Gasteiger partial charge in [0, 0.05) is 7.05 Å².